The Balaban J connectivity index is 2.42. The normalized spacial score (nSPS) is 23.0. The fourth-order valence-corrected chi connectivity index (χ4v) is 3.49. The standard InChI is InChI=1S/C16H28N4O/c1-7-13-18-11(2)14(16(3,4)5)12-10-19(15(21)17-6)8-9-20(12)13/h11H,7-10H2,1-6H3,(H,17,21)/t11-/m0/s1. The van der Waals surface area contributed by atoms with Crippen LogP contribution in [0.25, 0.3) is 0 Å². The molecule has 21 heavy (non-hydrogen) atoms. The molecule has 5 nitrogen and oxygen atoms in total. The van der Waals surface area contributed by atoms with Crippen LogP contribution in [0.1, 0.15) is 41.0 Å². The lowest BCUT2D eigenvalue weighted by Gasteiger charge is -2.45. The van der Waals surface area contributed by atoms with E-state index >= 15 is 0 Å². The summed E-state index contributed by atoms with van der Waals surface area (Å²) in [7, 11) is 1.69. The van der Waals surface area contributed by atoms with Crippen molar-refractivity contribution in [1.29, 1.82) is 0 Å². The van der Waals surface area contributed by atoms with Crippen molar-refractivity contribution >= 4 is 11.9 Å². The molecule has 0 spiro atoms. The zero-order valence-corrected chi connectivity index (χ0v) is 14.2. The van der Waals surface area contributed by atoms with Crippen molar-refractivity contribution in [2.24, 2.45) is 10.4 Å². The number of piperazine rings is 1. The minimum atomic E-state index is 0.00335. The Bertz CT molecular complexity index is 487. The summed E-state index contributed by atoms with van der Waals surface area (Å²) >= 11 is 0. The fraction of sp³-hybridized carbons (Fsp3) is 0.750. The number of aliphatic imine (C=N–C) groups is 1. The van der Waals surface area contributed by atoms with Gasteiger partial charge in [0.25, 0.3) is 0 Å². The fourth-order valence-electron chi connectivity index (χ4n) is 3.49. The van der Waals surface area contributed by atoms with Gasteiger partial charge in [0.05, 0.1) is 12.6 Å². The van der Waals surface area contributed by atoms with E-state index in [2.05, 4.69) is 44.8 Å². The summed E-state index contributed by atoms with van der Waals surface area (Å²) in [6.07, 6.45) is 0.936. The topological polar surface area (TPSA) is 47.9 Å². The van der Waals surface area contributed by atoms with Gasteiger partial charge in [-0.2, -0.15) is 0 Å². The lowest BCUT2D eigenvalue weighted by Crippen LogP contribution is -2.54. The number of fused-ring (bicyclic) bond motifs is 1. The summed E-state index contributed by atoms with van der Waals surface area (Å²) in [5, 5.41) is 2.74. The van der Waals surface area contributed by atoms with E-state index in [-0.39, 0.29) is 17.5 Å². The molecule has 0 radical (unpaired) electrons. The zero-order valence-electron chi connectivity index (χ0n) is 14.2. The van der Waals surface area contributed by atoms with Crippen LogP contribution in [0.5, 0.6) is 0 Å². The molecule has 0 saturated carbocycles. The van der Waals surface area contributed by atoms with Gasteiger partial charge in [-0.25, -0.2) is 4.79 Å². The highest BCUT2D eigenvalue weighted by Gasteiger charge is 2.37. The molecule has 1 saturated heterocycles. The highest BCUT2D eigenvalue weighted by atomic mass is 16.2. The van der Waals surface area contributed by atoms with Gasteiger partial charge < -0.3 is 15.1 Å². The van der Waals surface area contributed by atoms with Gasteiger partial charge in [0.1, 0.15) is 5.84 Å². The highest BCUT2D eigenvalue weighted by Crippen LogP contribution is 2.37. The molecule has 2 aliphatic heterocycles. The molecule has 2 amide bonds. The van der Waals surface area contributed by atoms with E-state index in [9.17, 15) is 4.79 Å². The number of urea groups is 1. The maximum Gasteiger partial charge on any atom is 0.317 e. The predicted octanol–water partition coefficient (Wildman–Crippen LogP) is 2.45. The van der Waals surface area contributed by atoms with E-state index in [0.29, 0.717) is 6.54 Å². The number of rotatable bonds is 1. The summed E-state index contributed by atoms with van der Waals surface area (Å²) in [5.41, 5.74) is 2.69. The second kappa shape index (κ2) is 5.70. The van der Waals surface area contributed by atoms with Gasteiger partial charge >= 0.3 is 6.03 Å². The first kappa shape index (κ1) is 15.9. The van der Waals surface area contributed by atoms with Crippen LogP contribution in [0.15, 0.2) is 16.3 Å². The summed E-state index contributed by atoms with van der Waals surface area (Å²) in [5.74, 6) is 1.15. The monoisotopic (exact) mass is 292 g/mol. The lowest BCUT2D eigenvalue weighted by atomic mass is 9.79. The Labute approximate surface area is 128 Å². The predicted molar refractivity (Wildman–Crippen MR) is 86.4 cm³/mol. The number of nitrogens with one attached hydrogen (secondary N) is 1. The van der Waals surface area contributed by atoms with Gasteiger partial charge in [0, 0.05) is 32.3 Å². The van der Waals surface area contributed by atoms with E-state index in [1.54, 1.807) is 7.05 Å². The minimum absolute atomic E-state index is 0.00335. The van der Waals surface area contributed by atoms with Gasteiger partial charge in [-0.3, -0.25) is 4.99 Å². The quantitative estimate of drug-likeness (QED) is 0.807. The molecule has 0 aromatic rings. The highest BCUT2D eigenvalue weighted by molar-refractivity contribution is 5.86. The van der Waals surface area contributed by atoms with E-state index in [1.165, 1.54) is 11.3 Å². The van der Waals surface area contributed by atoms with E-state index in [1.807, 2.05) is 4.90 Å². The van der Waals surface area contributed by atoms with Crippen LogP contribution in [0.3, 0.4) is 0 Å². The Morgan fingerprint density at radius 3 is 2.57 bits per heavy atom. The Morgan fingerprint density at radius 2 is 2.05 bits per heavy atom. The van der Waals surface area contributed by atoms with Crippen LogP contribution in [0, 0.1) is 5.41 Å². The molecule has 0 aliphatic carbocycles. The number of hydrogen-bond acceptors (Lipinski definition) is 3. The molecule has 0 aromatic carbocycles. The number of carbonyl (C=O) groups excluding carboxylic acids is 1. The van der Waals surface area contributed by atoms with Crippen molar-refractivity contribution in [3.05, 3.63) is 11.3 Å². The van der Waals surface area contributed by atoms with Crippen LogP contribution in [-0.2, 0) is 0 Å². The Kier molecular flexibility index (Phi) is 4.30. The van der Waals surface area contributed by atoms with Gasteiger partial charge in [-0.1, -0.05) is 27.7 Å². The van der Waals surface area contributed by atoms with Crippen molar-refractivity contribution in [2.45, 2.75) is 47.1 Å². The van der Waals surface area contributed by atoms with Gasteiger partial charge in [0.2, 0.25) is 0 Å². The summed E-state index contributed by atoms with van der Waals surface area (Å²) in [6.45, 7) is 13.3. The van der Waals surface area contributed by atoms with Crippen LogP contribution >= 0.6 is 0 Å². The first-order chi connectivity index (χ1) is 9.79. The van der Waals surface area contributed by atoms with E-state index in [4.69, 9.17) is 4.99 Å². The van der Waals surface area contributed by atoms with Crippen LogP contribution in [0.2, 0.25) is 0 Å². The maximum atomic E-state index is 12.0. The lowest BCUT2D eigenvalue weighted by molar-refractivity contribution is 0.182. The Morgan fingerprint density at radius 1 is 1.38 bits per heavy atom. The first-order valence-electron chi connectivity index (χ1n) is 7.84. The molecule has 1 N–H and O–H groups in total. The second-order valence-corrected chi connectivity index (χ2v) is 6.81. The molecule has 2 aliphatic rings. The number of carbonyl (C=O) groups is 1. The van der Waals surface area contributed by atoms with Crippen molar-refractivity contribution in [3.8, 4) is 0 Å². The van der Waals surface area contributed by atoms with Crippen LogP contribution in [0.4, 0.5) is 4.79 Å². The summed E-state index contributed by atoms with van der Waals surface area (Å²) in [6, 6.07) is 0.194. The van der Waals surface area contributed by atoms with Crippen LogP contribution < -0.4 is 5.32 Å². The molecule has 5 heteroatoms. The number of nitrogens with zero attached hydrogens (tertiary/aromatic N) is 3. The third kappa shape index (κ3) is 2.92. The average molecular weight is 292 g/mol. The smallest absolute Gasteiger partial charge is 0.317 e. The molecule has 0 aromatic heterocycles. The van der Waals surface area contributed by atoms with Crippen molar-refractivity contribution in [2.75, 3.05) is 26.7 Å². The largest absolute Gasteiger partial charge is 0.341 e. The number of amidine groups is 1. The average Bonchev–Trinajstić information content (AvgIpc) is 2.43. The second-order valence-electron chi connectivity index (χ2n) is 6.81. The molecular formula is C16H28N4O. The SMILES string of the molecule is CCC1=N[C@@H](C)C(C(C)(C)C)=C2CN(C(=O)NC)CCN12. The van der Waals surface area contributed by atoms with Gasteiger partial charge in [-0.05, 0) is 17.9 Å². The van der Waals surface area contributed by atoms with Gasteiger partial charge in [-0.15, -0.1) is 0 Å². The van der Waals surface area contributed by atoms with Gasteiger partial charge in [0.15, 0.2) is 0 Å². The molecule has 2 heterocycles. The molecule has 1 atom stereocenters. The van der Waals surface area contributed by atoms with Crippen LogP contribution in [-0.4, -0.2) is 54.4 Å². The van der Waals surface area contributed by atoms with Crippen molar-refractivity contribution in [3.63, 3.8) is 0 Å². The van der Waals surface area contributed by atoms with Crippen molar-refractivity contribution < 1.29 is 4.79 Å². The molecular weight excluding hydrogens is 264 g/mol. The minimum Gasteiger partial charge on any atom is -0.341 e. The van der Waals surface area contributed by atoms with E-state index in [0.717, 1.165) is 25.3 Å². The van der Waals surface area contributed by atoms with E-state index < -0.39 is 0 Å². The zero-order chi connectivity index (χ0) is 15.8. The molecule has 118 valence electrons. The molecule has 1 fully saturated rings. The molecule has 2 rings (SSSR count). The maximum absolute atomic E-state index is 12.0. The number of amides is 2. The first-order valence-corrected chi connectivity index (χ1v) is 7.84. The third-order valence-electron chi connectivity index (χ3n) is 4.27. The summed E-state index contributed by atoms with van der Waals surface area (Å²) < 4.78 is 0. The third-order valence-corrected chi connectivity index (χ3v) is 4.27. The Hall–Kier alpha value is -1.52. The van der Waals surface area contributed by atoms with Crippen molar-refractivity contribution in [1.82, 2.24) is 15.1 Å². The molecule has 0 unspecified atom stereocenters. The number of hydrogen-bond donors (Lipinski definition) is 1. The summed E-state index contributed by atoms with van der Waals surface area (Å²) in [4.78, 5) is 21.1. The molecule has 0 bridgehead atoms.